The molecule has 6 nitrogen and oxygen atoms in total. The second kappa shape index (κ2) is 6.64. The van der Waals surface area contributed by atoms with Crippen LogP contribution in [0, 0.1) is 5.92 Å². The summed E-state index contributed by atoms with van der Waals surface area (Å²) in [5.41, 5.74) is 6.76. The molecule has 2 atom stereocenters. The van der Waals surface area contributed by atoms with Gasteiger partial charge >= 0.3 is 0 Å². The minimum atomic E-state index is -2.99. The van der Waals surface area contributed by atoms with Crippen LogP contribution in [-0.2, 0) is 21.1 Å². The molecule has 1 amide bonds. The molecule has 2 rings (SSSR count). The van der Waals surface area contributed by atoms with Crippen LogP contribution in [0.3, 0.4) is 0 Å². The predicted molar refractivity (Wildman–Crippen MR) is 87.4 cm³/mol. The van der Waals surface area contributed by atoms with Gasteiger partial charge in [0, 0.05) is 18.5 Å². The second-order valence-electron chi connectivity index (χ2n) is 6.19. The fraction of sp³-hybridized carbons (Fsp3) is 0.714. The molecule has 1 aromatic heterocycles. The lowest BCUT2D eigenvalue weighted by molar-refractivity contribution is -0.130. The van der Waals surface area contributed by atoms with Crippen molar-refractivity contribution in [3.63, 3.8) is 0 Å². The SMILES string of the molecule is CC(C)C(N)c1nc(CC(=O)N(C)C2CCS(=O)(=O)C2)cs1. The van der Waals surface area contributed by atoms with Crippen molar-refractivity contribution in [2.75, 3.05) is 18.6 Å². The van der Waals surface area contributed by atoms with E-state index in [4.69, 9.17) is 5.73 Å². The van der Waals surface area contributed by atoms with Gasteiger partial charge in [0.1, 0.15) is 5.01 Å². The van der Waals surface area contributed by atoms with Crippen LogP contribution in [0.15, 0.2) is 5.38 Å². The minimum absolute atomic E-state index is 0.0653. The molecular weight excluding hydrogens is 322 g/mol. The summed E-state index contributed by atoms with van der Waals surface area (Å²) < 4.78 is 23.0. The molecule has 1 aliphatic heterocycles. The fourth-order valence-corrected chi connectivity index (χ4v) is 5.17. The first-order valence-electron chi connectivity index (χ1n) is 7.35. The third-order valence-electron chi connectivity index (χ3n) is 4.05. The van der Waals surface area contributed by atoms with Gasteiger partial charge in [-0.15, -0.1) is 11.3 Å². The number of aromatic nitrogens is 1. The number of nitrogens with two attached hydrogens (primary N) is 1. The summed E-state index contributed by atoms with van der Waals surface area (Å²) in [6, 6.07) is -0.333. The first kappa shape index (κ1) is 17.4. The Hall–Kier alpha value is -0.990. The summed E-state index contributed by atoms with van der Waals surface area (Å²) in [5, 5.41) is 2.69. The monoisotopic (exact) mass is 345 g/mol. The van der Waals surface area contributed by atoms with Crippen molar-refractivity contribution in [2.45, 2.75) is 38.8 Å². The molecule has 0 aliphatic carbocycles. The van der Waals surface area contributed by atoms with Crippen molar-refractivity contribution >= 4 is 27.1 Å². The van der Waals surface area contributed by atoms with Crippen LogP contribution < -0.4 is 5.73 Å². The van der Waals surface area contributed by atoms with Gasteiger partial charge in [-0.05, 0) is 12.3 Å². The Bertz CT molecular complexity index is 640. The molecule has 1 fully saturated rings. The summed E-state index contributed by atoms with van der Waals surface area (Å²) >= 11 is 1.47. The highest BCUT2D eigenvalue weighted by molar-refractivity contribution is 7.91. The zero-order valence-electron chi connectivity index (χ0n) is 13.2. The number of sulfone groups is 1. The highest BCUT2D eigenvalue weighted by Gasteiger charge is 2.32. The lowest BCUT2D eigenvalue weighted by Gasteiger charge is -2.23. The van der Waals surface area contributed by atoms with Gasteiger partial charge in [0.2, 0.25) is 5.91 Å². The van der Waals surface area contributed by atoms with Gasteiger partial charge in [-0.2, -0.15) is 0 Å². The molecule has 1 aromatic rings. The Labute approximate surface area is 135 Å². The van der Waals surface area contributed by atoms with Gasteiger partial charge in [-0.1, -0.05) is 13.8 Å². The Morgan fingerprint density at radius 1 is 1.55 bits per heavy atom. The fourth-order valence-electron chi connectivity index (χ4n) is 2.41. The van der Waals surface area contributed by atoms with Crippen molar-refractivity contribution in [1.82, 2.24) is 9.88 Å². The number of thiazole rings is 1. The first-order chi connectivity index (χ1) is 10.2. The van der Waals surface area contributed by atoms with E-state index in [9.17, 15) is 13.2 Å². The lowest BCUT2D eigenvalue weighted by atomic mass is 10.1. The summed E-state index contributed by atoms with van der Waals surface area (Å²) in [6.07, 6.45) is 0.708. The van der Waals surface area contributed by atoms with Gasteiger partial charge < -0.3 is 10.6 Å². The van der Waals surface area contributed by atoms with Gasteiger partial charge in [0.25, 0.3) is 0 Å². The Morgan fingerprint density at radius 2 is 2.23 bits per heavy atom. The quantitative estimate of drug-likeness (QED) is 0.859. The van der Waals surface area contributed by atoms with Gasteiger partial charge in [-0.25, -0.2) is 13.4 Å². The van der Waals surface area contributed by atoms with Crippen LogP contribution >= 0.6 is 11.3 Å². The number of carbonyl (C=O) groups is 1. The van der Waals surface area contributed by atoms with Crippen LogP contribution in [0.5, 0.6) is 0 Å². The average molecular weight is 345 g/mol. The summed E-state index contributed by atoms with van der Waals surface area (Å²) in [6.45, 7) is 4.07. The predicted octanol–water partition coefficient (Wildman–Crippen LogP) is 0.987. The Morgan fingerprint density at radius 3 is 2.77 bits per heavy atom. The molecule has 0 spiro atoms. The molecule has 0 saturated carbocycles. The van der Waals surface area contributed by atoms with Gasteiger partial charge in [0.05, 0.1) is 29.7 Å². The van der Waals surface area contributed by atoms with E-state index in [-0.39, 0.29) is 35.9 Å². The van der Waals surface area contributed by atoms with Crippen molar-refractivity contribution in [3.8, 4) is 0 Å². The number of likely N-dealkylation sites (N-methyl/N-ethyl adjacent to an activating group) is 1. The number of nitrogens with zero attached hydrogens (tertiary/aromatic N) is 2. The summed E-state index contributed by atoms with van der Waals surface area (Å²) in [7, 11) is -1.32. The van der Waals surface area contributed by atoms with Gasteiger partial charge in [0.15, 0.2) is 9.84 Å². The molecule has 124 valence electrons. The van der Waals surface area contributed by atoms with Crippen molar-refractivity contribution in [3.05, 3.63) is 16.1 Å². The molecule has 1 saturated heterocycles. The Balaban J connectivity index is 1.97. The third-order valence-corrected chi connectivity index (χ3v) is 6.80. The van der Waals surface area contributed by atoms with Crippen LogP contribution in [-0.4, -0.2) is 48.8 Å². The zero-order valence-corrected chi connectivity index (χ0v) is 14.8. The van der Waals surface area contributed by atoms with Crippen molar-refractivity contribution in [2.24, 2.45) is 11.7 Å². The van der Waals surface area contributed by atoms with E-state index >= 15 is 0 Å². The molecule has 2 N–H and O–H groups in total. The van der Waals surface area contributed by atoms with E-state index in [0.717, 1.165) is 5.01 Å². The second-order valence-corrected chi connectivity index (χ2v) is 9.30. The Kier molecular flexibility index (Phi) is 5.24. The number of rotatable bonds is 5. The van der Waals surface area contributed by atoms with E-state index in [1.807, 2.05) is 19.2 Å². The van der Waals surface area contributed by atoms with Crippen LogP contribution in [0.4, 0.5) is 0 Å². The molecule has 2 unspecified atom stereocenters. The van der Waals surface area contributed by atoms with Gasteiger partial charge in [-0.3, -0.25) is 4.79 Å². The standard InChI is InChI=1S/C14H23N3O3S2/c1-9(2)13(15)14-16-10(7-21-14)6-12(18)17(3)11-4-5-22(19,20)8-11/h7,9,11,13H,4-6,8,15H2,1-3H3. The normalized spacial score (nSPS) is 22.0. The van der Waals surface area contributed by atoms with Crippen molar-refractivity contribution < 1.29 is 13.2 Å². The van der Waals surface area contributed by atoms with E-state index < -0.39 is 9.84 Å². The van der Waals surface area contributed by atoms with E-state index in [1.165, 1.54) is 11.3 Å². The van der Waals surface area contributed by atoms with E-state index in [1.54, 1.807) is 11.9 Å². The largest absolute Gasteiger partial charge is 0.341 e. The maximum absolute atomic E-state index is 12.3. The molecule has 1 aliphatic rings. The molecule has 0 radical (unpaired) electrons. The lowest BCUT2D eigenvalue weighted by Crippen LogP contribution is -2.38. The number of hydrogen-bond donors (Lipinski definition) is 1. The number of carbonyl (C=O) groups excluding carboxylic acids is 1. The van der Waals surface area contributed by atoms with Crippen LogP contribution in [0.1, 0.15) is 37.0 Å². The maximum atomic E-state index is 12.3. The molecular formula is C14H23N3O3S2. The zero-order chi connectivity index (χ0) is 16.5. The maximum Gasteiger partial charge on any atom is 0.228 e. The first-order valence-corrected chi connectivity index (χ1v) is 10.1. The molecule has 8 heteroatoms. The van der Waals surface area contributed by atoms with E-state index in [2.05, 4.69) is 4.98 Å². The van der Waals surface area contributed by atoms with Crippen LogP contribution in [0.2, 0.25) is 0 Å². The highest BCUT2D eigenvalue weighted by Crippen LogP contribution is 2.23. The third kappa shape index (κ3) is 4.05. The molecule has 2 heterocycles. The minimum Gasteiger partial charge on any atom is -0.341 e. The molecule has 0 aromatic carbocycles. The van der Waals surface area contributed by atoms with E-state index in [0.29, 0.717) is 18.0 Å². The average Bonchev–Trinajstić information content (AvgIpc) is 3.03. The summed E-state index contributed by atoms with van der Waals surface area (Å²) in [5.74, 6) is 0.424. The smallest absolute Gasteiger partial charge is 0.228 e. The topological polar surface area (TPSA) is 93.4 Å². The summed E-state index contributed by atoms with van der Waals surface area (Å²) in [4.78, 5) is 18.3. The molecule has 22 heavy (non-hydrogen) atoms. The molecule has 0 bridgehead atoms. The van der Waals surface area contributed by atoms with Crippen molar-refractivity contribution in [1.29, 1.82) is 0 Å². The highest BCUT2D eigenvalue weighted by atomic mass is 32.2. The number of hydrogen-bond acceptors (Lipinski definition) is 6. The van der Waals surface area contributed by atoms with Crippen LogP contribution in [0.25, 0.3) is 0 Å². The number of amides is 1.